The Hall–Kier alpha value is -2.77. The van der Waals surface area contributed by atoms with Crippen LogP contribution in [-0.2, 0) is 16.1 Å². The molecule has 0 bridgehead atoms. The number of ether oxygens (including phenoxy) is 1. The molecule has 28 heavy (non-hydrogen) atoms. The van der Waals surface area contributed by atoms with Crippen molar-refractivity contribution in [1.82, 2.24) is 15.1 Å². The summed E-state index contributed by atoms with van der Waals surface area (Å²) in [4.78, 5) is 31.8. The molecule has 1 heterocycles. The van der Waals surface area contributed by atoms with E-state index in [1.165, 1.54) is 0 Å². The smallest absolute Gasteiger partial charge is 0.409 e. The Balaban J connectivity index is 1.77. The summed E-state index contributed by atoms with van der Waals surface area (Å²) in [5.74, 6) is 0.201. The molecule has 0 saturated carbocycles. The average Bonchev–Trinajstić information content (AvgIpc) is 2.71. The van der Waals surface area contributed by atoms with E-state index in [-0.39, 0.29) is 30.5 Å². The number of amides is 2. The van der Waals surface area contributed by atoms with Gasteiger partial charge in [0.05, 0.1) is 6.61 Å². The highest BCUT2D eigenvalue weighted by atomic mass is 16.6. The van der Waals surface area contributed by atoms with Gasteiger partial charge in [-0.2, -0.15) is 0 Å². The van der Waals surface area contributed by atoms with Crippen LogP contribution >= 0.6 is 0 Å². The maximum absolute atomic E-state index is 12.4. The standard InChI is InChI=1S/C20H31N5O3/c1-3-24(15-16-8-6-5-7-9-16)18(26)14-22-19(21)23-17-10-12-25(13-11-17)20(27)28-4-2/h5-9,17H,3-4,10-15H2,1-2H3,(H3,21,22,23). The molecular formula is C20H31N5O3. The van der Waals surface area contributed by atoms with Crippen molar-refractivity contribution in [1.29, 1.82) is 0 Å². The number of piperidine rings is 1. The molecule has 0 radical (unpaired) electrons. The molecule has 3 N–H and O–H groups in total. The molecule has 154 valence electrons. The van der Waals surface area contributed by atoms with Crippen molar-refractivity contribution in [2.75, 3.05) is 32.8 Å². The zero-order chi connectivity index (χ0) is 20.4. The third-order valence-corrected chi connectivity index (χ3v) is 4.71. The summed E-state index contributed by atoms with van der Waals surface area (Å²) in [6.07, 6.45) is 1.25. The summed E-state index contributed by atoms with van der Waals surface area (Å²) in [6.45, 7) is 6.54. The van der Waals surface area contributed by atoms with Gasteiger partial charge in [-0.15, -0.1) is 0 Å². The van der Waals surface area contributed by atoms with E-state index in [0.717, 1.165) is 18.4 Å². The van der Waals surface area contributed by atoms with Gasteiger partial charge in [0.2, 0.25) is 5.91 Å². The van der Waals surface area contributed by atoms with E-state index in [9.17, 15) is 9.59 Å². The predicted molar refractivity (Wildman–Crippen MR) is 109 cm³/mol. The van der Waals surface area contributed by atoms with Gasteiger partial charge in [-0.1, -0.05) is 30.3 Å². The molecule has 0 aromatic heterocycles. The number of carbonyl (C=O) groups is 2. The van der Waals surface area contributed by atoms with Crippen LogP contribution in [0.2, 0.25) is 0 Å². The van der Waals surface area contributed by atoms with Gasteiger partial charge in [-0.05, 0) is 32.3 Å². The van der Waals surface area contributed by atoms with Gasteiger partial charge in [0.25, 0.3) is 0 Å². The molecule has 1 aromatic rings. The maximum atomic E-state index is 12.4. The van der Waals surface area contributed by atoms with E-state index in [1.807, 2.05) is 37.3 Å². The number of rotatable bonds is 7. The Kier molecular flexibility index (Phi) is 8.58. The first kappa shape index (κ1) is 21.5. The summed E-state index contributed by atoms with van der Waals surface area (Å²) >= 11 is 0. The fourth-order valence-corrected chi connectivity index (χ4v) is 3.11. The second kappa shape index (κ2) is 11.2. The molecule has 1 aliphatic rings. The second-order valence-corrected chi connectivity index (χ2v) is 6.70. The van der Waals surface area contributed by atoms with Crippen LogP contribution in [0.3, 0.4) is 0 Å². The van der Waals surface area contributed by atoms with Crippen LogP contribution < -0.4 is 11.1 Å². The lowest BCUT2D eigenvalue weighted by Gasteiger charge is -2.31. The minimum Gasteiger partial charge on any atom is -0.450 e. The van der Waals surface area contributed by atoms with Gasteiger partial charge in [0.15, 0.2) is 5.96 Å². The largest absolute Gasteiger partial charge is 0.450 e. The quantitative estimate of drug-likeness (QED) is 0.544. The van der Waals surface area contributed by atoms with Crippen LogP contribution in [0.5, 0.6) is 0 Å². The van der Waals surface area contributed by atoms with Crippen LogP contribution in [0.4, 0.5) is 4.79 Å². The monoisotopic (exact) mass is 389 g/mol. The van der Waals surface area contributed by atoms with Gasteiger partial charge in [0.1, 0.15) is 6.54 Å². The van der Waals surface area contributed by atoms with E-state index in [0.29, 0.717) is 32.8 Å². The van der Waals surface area contributed by atoms with Crippen molar-refractivity contribution in [2.24, 2.45) is 10.7 Å². The topological polar surface area (TPSA) is 100 Å². The first-order chi connectivity index (χ1) is 13.5. The molecule has 0 spiro atoms. The third kappa shape index (κ3) is 6.75. The molecule has 2 rings (SSSR count). The molecular weight excluding hydrogens is 358 g/mol. The summed E-state index contributed by atoms with van der Waals surface area (Å²) < 4.78 is 5.01. The number of nitrogens with two attached hydrogens (primary N) is 1. The second-order valence-electron chi connectivity index (χ2n) is 6.70. The number of likely N-dealkylation sites (tertiary alicyclic amines) is 1. The number of hydrogen-bond acceptors (Lipinski definition) is 4. The zero-order valence-corrected chi connectivity index (χ0v) is 16.8. The number of guanidine groups is 1. The fourth-order valence-electron chi connectivity index (χ4n) is 3.11. The number of nitrogens with one attached hydrogen (secondary N) is 1. The lowest BCUT2D eigenvalue weighted by molar-refractivity contribution is -0.130. The highest BCUT2D eigenvalue weighted by molar-refractivity contribution is 5.84. The number of hydrogen-bond donors (Lipinski definition) is 2. The Morgan fingerprint density at radius 2 is 1.93 bits per heavy atom. The zero-order valence-electron chi connectivity index (χ0n) is 16.8. The van der Waals surface area contributed by atoms with Crippen molar-refractivity contribution in [3.63, 3.8) is 0 Å². The van der Waals surface area contributed by atoms with E-state index < -0.39 is 0 Å². The highest BCUT2D eigenvalue weighted by Crippen LogP contribution is 2.11. The lowest BCUT2D eigenvalue weighted by atomic mass is 10.1. The minimum atomic E-state index is -0.272. The van der Waals surface area contributed by atoms with E-state index in [1.54, 1.807) is 16.7 Å². The Labute approximate surface area is 166 Å². The van der Waals surface area contributed by atoms with Crippen molar-refractivity contribution in [3.8, 4) is 0 Å². The number of likely N-dealkylation sites (N-methyl/N-ethyl adjacent to an activating group) is 1. The van der Waals surface area contributed by atoms with Crippen molar-refractivity contribution in [2.45, 2.75) is 39.3 Å². The lowest BCUT2D eigenvalue weighted by Crippen LogP contribution is -2.48. The average molecular weight is 390 g/mol. The van der Waals surface area contributed by atoms with Gasteiger partial charge < -0.3 is 25.6 Å². The molecule has 1 saturated heterocycles. The van der Waals surface area contributed by atoms with Crippen LogP contribution in [0.25, 0.3) is 0 Å². The van der Waals surface area contributed by atoms with Crippen molar-refractivity contribution < 1.29 is 14.3 Å². The van der Waals surface area contributed by atoms with Crippen LogP contribution in [0, 0.1) is 0 Å². The van der Waals surface area contributed by atoms with Crippen molar-refractivity contribution >= 4 is 18.0 Å². The minimum absolute atomic E-state index is 0.0151. The first-order valence-electron chi connectivity index (χ1n) is 9.83. The molecule has 2 amide bonds. The molecule has 1 fully saturated rings. The molecule has 0 aliphatic carbocycles. The van der Waals surface area contributed by atoms with E-state index >= 15 is 0 Å². The summed E-state index contributed by atoms with van der Waals surface area (Å²) in [6, 6.07) is 10.0. The van der Waals surface area contributed by atoms with Crippen LogP contribution in [-0.4, -0.2) is 66.6 Å². The predicted octanol–water partition coefficient (Wildman–Crippen LogP) is 1.56. The summed E-state index contributed by atoms with van der Waals surface area (Å²) in [7, 11) is 0. The molecule has 8 nitrogen and oxygen atoms in total. The van der Waals surface area contributed by atoms with E-state index in [4.69, 9.17) is 10.5 Å². The summed E-state index contributed by atoms with van der Waals surface area (Å²) in [5.41, 5.74) is 7.04. The van der Waals surface area contributed by atoms with Crippen LogP contribution in [0.1, 0.15) is 32.3 Å². The van der Waals surface area contributed by atoms with Crippen molar-refractivity contribution in [3.05, 3.63) is 35.9 Å². The molecule has 8 heteroatoms. The van der Waals surface area contributed by atoms with Gasteiger partial charge in [-0.3, -0.25) is 4.79 Å². The number of benzene rings is 1. The SMILES string of the molecule is CCOC(=O)N1CCC(NC(N)=NCC(=O)N(CC)Cc2ccccc2)CC1. The molecule has 0 unspecified atom stereocenters. The highest BCUT2D eigenvalue weighted by Gasteiger charge is 2.23. The normalized spacial score (nSPS) is 15.2. The number of nitrogens with zero attached hydrogens (tertiary/aromatic N) is 3. The molecule has 0 atom stereocenters. The van der Waals surface area contributed by atoms with E-state index in [2.05, 4.69) is 10.3 Å². The number of carbonyl (C=O) groups excluding carboxylic acids is 2. The Bertz CT molecular complexity index is 657. The number of aliphatic imine (C=N–C) groups is 1. The third-order valence-electron chi connectivity index (χ3n) is 4.71. The Morgan fingerprint density at radius 1 is 1.25 bits per heavy atom. The van der Waals surface area contributed by atoms with Gasteiger partial charge >= 0.3 is 6.09 Å². The molecule has 1 aromatic carbocycles. The molecule has 1 aliphatic heterocycles. The van der Waals surface area contributed by atoms with Gasteiger partial charge in [-0.25, -0.2) is 9.79 Å². The maximum Gasteiger partial charge on any atom is 0.409 e. The van der Waals surface area contributed by atoms with Crippen LogP contribution in [0.15, 0.2) is 35.3 Å². The first-order valence-corrected chi connectivity index (χ1v) is 9.83. The van der Waals surface area contributed by atoms with Gasteiger partial charge in [0, 0.05) is 32.2 Å². The fraction of sp³-hybridized carbons (Fsp3) is 0.550. The summed E-state index contributed by atoms with van der Waals surface area (Å²) in [5, 5.41) is 3.15. The Morgan fingerprint density at radius 3 is 2.54 bits per heavy atom.